The number of pyridine rings is 1. The Bertz CT molecular complexity index is 347. The summed E-state index contributed by atoms with van der Waals surface area (Å²) in [5.74, 6) is 5.82. The van der Waals surface area contributed by atoms with Gasteiger partial charge in [-0.15, -0.1) is 0 Å². The van der Waals surface area contributed by atoms with E-state index in [1.807, 2.05) is 13.8 Å². The number of aromatic nitrogens is 1. The molecule has 0 fully saturated rings. The lowest BCUT2D eigenvalue weighted by Gasteiger charge is -2.09. The first-order chi connectivity index (χ1) is 8.13. The second kappa shape index (κ2) is 7.45. The van der Waals surface area contributed by atoms with Crippen LogP contribution in [0.1, 0.15) is 19.5 Å². The molecule has 0 spiro atoms. The fraction of sp³-hybridized carbons (Fsp3) is 0.545. The molecule has 3 N–H and O–H groups in total. The summed E-state index contributed by atoms with van der Waals surface area (Å²) in [4.78, 5) is 4.19. The third kappa shape index (κ3) is 5.32. The van der Waals surface area contributed by atoms with E-state index in [0.717, 1.165) is 0 Å². The summed E-state index contributed by atoms with van der Waals surface area (Å²) in [6, 6.07) is 3.43. The highest BCUT2D eigenvalue weighted by Crippen LogP contribution is 2.16. The Labute approximate surface area is 106 Å². The zero-order valence-electron chi connectivity index (χ0n) is 10.1. The highest BCUT2D eigenvalue weighted by molar-refractivity contribution is 6.31. The van der Waals surface area contributed by atoms with Crippen LogP contribution in [0.2, 0.25) is 5.02 Å². The normalized spacial score (nSPS) is 10.9. The lowest BCUT2D eigenvalue weighted by molar-refractivity contribution is 0.0136. The summed E-state index contributed by atoms with van der Waals surface area (Å²) in [5, 5.41) is 0.564. The first kappa shape index (κ1) is 14.2. The molecule has 0 radical (unpaired) electrons. The number of nitrogens with two attached hydrogens (primary N) is 1. The topological polar surface area (TPSA) is 69.4 Å². The molecule has 6 heteroatoms. The molecule has 1 rings (SSSR count). The molecule has 0 aliphatic rings. The molecule has 0 aliphatic heterocycles. The number of ether oxygens (including phenoxy) is 2. The maximum absolute atomic E-state index is 5.97. The SMILES string of the molecule is CC(C)OCCOCc1nc(NN)ccc1Cl. The summed E-state index contributed by atoms with van der Waals surface area (Å²) in [5.41, 5.74) is 3.12. The number of nitrogens with one attached hydrogen (secondary N) is 1. The van der Waals surface area contributed by atoms with Crippen LogP contribution < -0.4 is 11.3 Å². The standard InChI is InChI=1S/C11H18ClN3O2/c1-8(2)17-6-5-16-7-10-9(12)3-4-11(14-10)15-13/h3-4,8H,5-7,13H2,1-2H3,(H,14,15). The lowest BCUT2D eigenvalue weighted by atomic mass is 10.3. The minimum atomic E-state index is 0.213. The molecule has 0 saturated heterocycles. The molecule has 0 atom stereocenters. The molecule has 0 aromatic carbocycles. The van der Waals surface area contributed by atoms with Crippen molar-refractivity contribution in [1.82, 2.24) is 4.98 Å². The van der Waals surface area contributed by atoms with Gasteiger partial charge >= 0.3 is 0 Å². The first-order valence-corrected chi connectivity index (χ1v) is 5.82. The van der Waals surface area contributed by atoms with Gasteiger partial charge in [0.05, 0.1) is 36.6 Å². The van der Waals surface area contributed by atoms with Crippen molar-refractivity contribution >= 4 is 17.4 Å². The smallest absolute Gasteiger partial charge is 0.140 e. The van der Waals surface area contributed by atoms with Gasteiger partial charge in [0.25, 0.3) is 0 Å². The third-order valence-electron chi connectivity index (χ3n) is 1.98. The summed E-state index contributed by atoms with van der Waals surface area (Å²) in [7, 11) is 0. The van der Waals surface area contributed by atoms with Gasteiger partial charge in [0.1, 0.15) is 5.82 Å². The molecule has 17 heavy (non-hydrogen) atoms. The zero-order valence-corrected chi connectivity index (χ0v) is 10.8. The van der Waals surface area contributed by atoms with Crippen molar-refractivity contribution in [2.75, 3.05) is 18.6 Å². The predicted octanol–water partition coefficient (Wildman–Crippen LogP) is 1.96. The van der Waals surface area contributed by atoms with Gasteiger partial charge in [-0.2, -0.15) is 0 Å². The maximum Gasteiger partial charge on any atom is 0.140 e. The van der Waals surface area contributed by atoms with Gasteiger partial charge in [0, 0.05) is 0 Å². The largest absolute Gasteiger partial charge is 0.376 e. The number of anilines is 1. The van der Waals surface area contributed by atoms with Crippen molar-refractivity contribution in [3.8, 4) is 0 Å². The lowest BCUT2D eigenvalue weighted by Crippen LogP contribution is -2.11. The number of nitrogens with zero attached hydrogens (tertiary/aromatic N) is 1. The predicted molar refractivity (Wildman–Crippen MR) is 67.8 cm³/mol. The van der Waals surface area contributed by atoms with Gasteiger partial charge in [-0.05, 0) is 26.0 Å². The van der Waals surface area contributed by atoms with Gasteiger partial charge < -0.3 is 14.9 Å². The number of rotatable bonds is 7. The van der Waals surface area contributed by atoms with Crippen molar-refractivity contribution in [2.45, 2.75) is 26.6 Å². The van der Waals surface area contributed by atoms with Crippen LogP contribution in [0.15, 0.2) is 12.1 Å². The average Bonchev–Trinajstić information content (AvgIpc) is 2.30. The molecule has 0 unspecified atom stereocenters. The number of halogens is 1. The van der Waals surface area contributed by atoms with Crippen LogP contribution in [-0.4, -0.2) is 24.3 Å². The van der Waals surface area contributed by atoms with Crippen molar-refractivity contribution in [2.24, 2.45) is 5.84 Å². The fourth-order valence-electron chi connectivity index (χ4n) is 1.18. The average molecular weight is 260 g/mol. The monoisotopic (exact) mass is 259 g/mol. The molecular formula is C11H18ClN3O2. The van der Waals surface area contributed by atoms with Gasteiger partial charge in [-0.1, -0.05) is 11.6 Å². The van der Waals surface area contributed by atoms with Crippen molar-refractivity contribution < 1.29 is 9.47 Å². The van der Waals surface area contributed by atoms with E-state index < -0.39 is 0 Å². The Morgan fingerprint density at radius 2 is 2.18 bits per heavy atom. The number of hydrazine groups is 1. The van der Waals surface area contributed by atoms with Crippen LogP contribution in [0.5, 0.6) is 0 Å². The second-order valence-electron chi connectivity index (χ2n) is 3.74. The molecule has 0 aliphatic carbocycles. The van der Waals surface area contributed by atoms with E-state index in [2.05, 4.69) is 10.4 Å². The summed E-state index contributed by atoms with van der Waals surface area (Å²) in [6.07, 6.45) is 0.213. The van der Waals surface area contributed by atoms with E-state index in [-0.39, 0.29) is 6.10 Å². The Balaban J connectivity index is 2.35. The highest BCUT2D eigenvalue weighted by Gasteiger charge is 2.04. The highest BCUT2D eigenvalue weighted by atomic mass is 35.5. The van der Waals surface area contributed by atoms with Crippen molar-refractivity contribution in [3.63, 3.8) is 0 Å². The number of hydrogen-bond donors (Lipinski definition) is 2. The van der Waals surface area contributed by atoms with Crippen molar-refractivity contribution in [3.05, 3.63) is 22.8 Å². The summed E-state index contributed by atoms with van der Waals surface area (Å²) < 4.78 is 10.8. The van der Waals surface area contributed by atoms with E-state index in [4.69, 9.17) is 26.9 Å². The van der Waals surface area contributed by atoms with Crippen LogP contribution in [0, 0.1) is 0 Å². The first-order valence-electron chi connectivity index (χ1n) is 5.45. The van der Waals surface area contributed by atoms with E-state index in [1.54, 1.807) is 12.1 Å². The Morgan fingerprint density at radius 3 is 2.82 bits per heavy atom. The van der Waals surface area contributed by atoms with Crippen LogP contribution in [-0.2, 0) is 16.1 Å². The molecule has 0 bridgehead atoms. The van der Waals surface area contributed by atoms with Crippen LogP contribution in [0.25, 0.3) is 0 Å². The van der Waals surface area contributed by atoms with Crippen LogP contribution in [0.3, 0.4) is 0 Å². The Kier molecular flexibility index (Phi) is 6.21. The van der Waals surface area contributed by atoms with E-state index in [0.29, 0.717) is 36.4 Å². The number of hydrogen-bond acceptors (Lipinski definition) is 5. The second-order valence-corrected chi connectivity index (χ2v) is 4.15. The molecule has 1 aromatic heterocycles. The molecule has 0 saturated carbocycles. The molecule has 96 valence electrons. The Morgan fingerprint density at radius 1 is 1.41 bits per heavy atom. The molecule has 1 aromatic rings. The van der Waals surface area contributed by atoms with Crippen LogP contribution >= 0.6 is 11.6 Å². The van der Waals surface area contributed by atoms with E-state index in [1.165, 1.54) is 0 Å². The molecular weight excluding hydrogens is 242 g/mol. The summed E-state index contributed by atoms with van der Waals surface area (Å²) >= 11 is 5.97. The van der Waals surface area contributed by atoms with Gasteiger partial charge in [0.2, 0.25) is 0 Å². The molecule has 1 heterocycles. The third-order valence-corrected chi connectivity index (χ3v) is 2.33. The van der Waals surface area contributed by atoms with E-state index >= 15 is 0 Å². The minimum absolute atomic E-state index is 0.213. The molecule has 0 amide bonds. The maximum atomic E-state index is 5.97. The number of nitrogen functional groups attached to an aromatic ring is 1. The quantitative estimate of drug-likeness (QED) is 0.445. The zero-order chi connectivity index (χ0) is 12.7. The van der Waals surface area contributed by atoms with Crippen molar-refractivity contribution in [1.29, 1.82) is 0 Å². The van der Waals surface area contributed by atoms with E-state index in [9.17, 15) is 0 Å². The van der Waals surface area contributed by atoms with Gasteiger partial charge in [-0.3, -0.25) is 0 Å². The van der Waals surface area contributed by atoms with Gasteiger partial charge in [-0.25, -0.2) is 10.8 Å². The van der Waals surface area contributed by atoms with Crippen LogP contribution in [0.4, 0.5) is 5.82 Å². The summed E-state index contributed by atoms with van der Waals surface area (Å²) in [6.45, 7) is 5.38. The Hall–Kier alpha value is -0.880. The fourth-order valence-corrected chi connectivity index (χ4v) is 1.34. The van der Waals surface area contributed by atoms with Gasteiger partial charge in [0.15, 0.2) is 0 Å². The molecule has 5 nitrogen and oxygen atoms in total. The minimum Gasteiger partial charge on any atom is -0.376 e.